The van der Waals surface area contributed by atoms with Crippen molar-refractivity contribution in [1.82, 2.24) is 19.7 Å². The van der Waals surface area contributed by atoms with Crippen molar-refractivity contribution in [3.63, 3.8) is 0 Å². The van der Waals surface area contributed by atoms with E-state index >= 15 is 0 Å². The van der Waals surface area contributed by atoms with E-state index in [1.807, 2.05) is 35.2 Å². The van der Waals surface area contributed by atoms with E-state index in [1.165, 1.54) is 0 Å². The highest BCUT2D eigenvalue weighted by molar-refractivity contribution is 5.99. The van der Waals surface area contributed by atoms with Crippen LogP contribution in [0.5, 0.6) is 0 Å². The number of carbonyl (C=O) groups is 3. The summed E-state index contributed by atoms with van der Waals surface area (Å²) in [4.78, 5) is 45.3. The van der Waals surface area contributed by atoms with Crippen LogP contribution in [0.3, 0.4) is 0 Å². The molecule has 0 spiro atoms. The Hall–Kier alpha value is -4.12. The molecule has 0 radical (unpaired) electrons. The van der Waals surface area contributed by atoms with Crippen LogP contribution in [0.15, 0.2) is 42.6 Å². The Morgan fingerprint density at radius 3 is 2.04 bits per heavy atom. The third-order valence-corrected chi connectivity index (χ3v) is 8.71. The van der Waals surface area contributed by atoms with E-state index in [9.17, 15) is 36.8 Å². The fourth-order valence-corrected chi connectivity index (χ4v) is 6.03. The van der Waals surface area contributed by atoms with Gasteiger partial charge in [-0.25, -0.2) is 13.6 Å². The SMILES string of the molecule is Cc1cnc(C(=O)N2CCC(C#N)(c3ccccc3)CC2)cc1C(=O)N1CCC(N2CCC(F)(F)C2)CC1.O=C(O)C(F)(F)F. The predicted octanol–water partition coefficient (Wildman–Crippen LogP) is 4.67. The van der Waals surface area contributed by atoms with Gasteiger partial charge in [-0.15, -0.1) is 0 Å². The minimum absolute atomic E-state index is 0.0682. The number of alkyl halides is 5. The number of hydrogen-bond donors (Lipinski definition) is 1. The molecule has 3 aliphatic heterocycles. The topological polar surface area (TPSA) is 118 Å². The second kappa shape index (κ2) is 13.5. The summed E-state index contributed by atoms with van der Waals surface area (Å²) in [7, 11) is 0. The van der Waals surface area contributed by atoms with Gasteiger partial charge in [-0.05, 0) is 49.8 Å². The van der Waals surface area contributed by atoms with E-state index in [-0.39, 0.29) is 36.5 Å². The van der Waals surface area contributed by atoms with Gasteiger partial charge in [0.2, 0.25) is 0 Å². The van der Waals surface area contributed by atoms with Crippen molar-refractivity contribution < 1.29 is 41.4 Å². The molecule has 14 heteroatoms. The number of halogens is 5. The van der Waals surface area contributed by atoms with Crippen LogP contribution < -0.4 is 0 Å². The predicted molar refractivity (Wildman–Crippen MR) is 152 cm³/mol. The van der Waals surface area contributed by atoms with Gasteiger partial charge in [-0.1, -0.05) is 30.3 Å². The fourth-order valence-electron chi connectivity index (χ4n) is 6.03. The number of carbonyl (C=O) groups excluding carboxylic acids is 2. The van der Waals surface area contributed by atoms with Gasteiger partial charge in [0.25, 0.3) is 17.7 Å². The maximum Gasteiger partial charge on any atom is 0.490 e. The van der Waals surface area contributed by atoms with Gasteiger partial charge < -0.3 is 14.9 Å². The lowest BCUT2D eigenvalue weighted by Gasteiger charge is -2.37. The fraction of sp³-hybridized carbons (Fsp3) is 0.516. The van der Waals surface area contributed by atoms with Crippen LogP contribution in [-0.4, -0.2) is 100.0 Å². The number of piperidine rings is 2. The van der Waals surface area contributed by atoms with Crippen LogP contribution in [0.25, 0.3) is 0 Å². The lowest BCUT2D eigenvalue weighted by molar-refractivity contribution is -0.192. The van der Waals surface area contributed by atoms with Crippen molar-refractivity contribution in [1.29, 1.82) is 5.26 Å². The monoisotopic (exact) mass is 635 g/mol. The highest BCUT2D eigenvalue weighted by Crippen LogP contribution is 2.35. The van der Waals surface area contributed by atoms with Crippen LogP contribution in [0.2, 0.25) is 0 Å². The minimum atomic E-state index is -5.08. The zero-order valence-corrected chi connectivity index (χ0v) is 24.7. The average molecular weight is 636 g/mol. The number of likely N-dealkylation sites (tertiary alicyclic amines) is 3. The summed E-state index contributed by atoms with van der Waals surface area (Å²) in [6.07, 6.45) is -1.22. The van der Waals surface area contributed by atoms with E-state index in [1.54, 1.807) is 29.0 Å². The largest absolute Gasteiger partial charge is 0.490 e. The number of amides is 2. The lowest BCUT2D eigenvalue weighted by atomic mass is 9.74. The Labute approximate surface area is 257 Å². The van der Waals surface area contributed by atoms with Gasteiger partial charge in [0, 0.05) is 56.9 Å². The molecule has 45 heavy (non-hydrogen) atoms. The van der Waals surface area contributed by atoms with Crippen molar-refractivity contribution in [2.45, 2.75) is 62.6 Å². The second-order valence-electron chi connectivity index (χ2n) is 11.6. The number of hydrogen-bond acceptors (Lipinski definition) is 6. The Kier molecular flexibility index (Phi) is 10.1. The number of nitrogens with zero attached hydrogens (tertiary/aromatic N) is 5. The highest BCUT2D eigenvalue weighted by Gasteiger charge is 2.42. The molecule has 9 nitrogen and oxygen atoms in total. The van der Waals surface area contributed by atoms with E-state index in [0.29, 0.717) is 69.5 Å². The summed E-state index contributed by atoms with van der Waals surface area (Å²) < 4.78 is 59.0. The first-order valence-electron chi connectivity index (χ1n) is 14.6. The van der Waals surface area contributed by atoms with Crippen molar-refractivity contribution >= 4 is 17.8 Å². The Morgan fingerprint density at radius 2 is 1.53 bits per heavy atom. The first-order chi connectivity index (χ1) is 21.2. The molecule has 3 aliphatic rings. The van der Waals surface area contributed by atoms with Crippen LogP contribution in [0, 0.1) is 18.3 Å². The molecule has 2 amide bonds. The molecule has 5 rings (SSSR count). The number of aromatic nitrogens is 1. The van der Waals surface area contributed by atoms with Gasteiger partial charge in [0.15, 0.2) is 0 Å². The molecule has 0 aliphatic carbocycles. The number of pyridine rings is 1. The maximum absolute atomic E-state index is 13.6. The Balaban J connectivity index is 0.000000591. The number of rotatable bonds is 4. The smallest absolute Gasteiger partial charge is 0.475 e. The zero-order valence-electron chi connectivity index (χ0n) is 24.7. The number of nitriles is 1. The summed E-state index contributed by atoms with van der Waals surface area (Å²) in [5.74, 6) is -5.77. The summed E-state index contributed by atoms with van der Waals surface area (Å²) in [5.41, 5.74) is 1.72. The van der Waals surface area contributed by atoms with Crippen LogP contribution in [0.4, 0.5) is 22.0 Å². The molecular formula is C31H34F5N5O4. The molecule has 3 saturated heterocycles. The van der Waals surface area contributed by atoms with Gasteiger partial charge in [0.1, 0.15) is 5.69 Å². The highest BCUT2D eigenvalue weighted by atomic mass is 19.4. The quantitative estimate of drug-likeness (QED) is 0.486. The number of aliphatic carboxylic acids is 1. The van der Waals surface area contributed by atoms with Gasteiger partial charge >= 0.3 is 12.1 Å². The first kappa shape index (κ1) is 33.8. The van der Waals surface area contributed by atoms with E-state index < -0.39 is 23.5 Å². The Morgan fingerprint density at radius 1 is 0.956 bits per heavy atom. The van der Waals surface area contributed by atoms with Gasteiger partial charge in [-0.3, -0.25) is 19.5 Å². The minimum Gasteiger partial charge on any atom is -0.475 e. The zero-order chi connectivity index (χ0) is 33.0. The molecule has 242 valence electrons. The third-order valence-electron chi connectivity index (χ3n) is 8.71. The Bertz CT molecular complexity index is 1430. The molecule has 0 atom stereocenters. The van der Waals surface area contributed by atoms with Crippen molar-refractivity contribution in [3.05, 3.63) is 65.0 Å². The summed E-state index contributed by atoms with van der Waals surface area (Å²) in [5, 5.41) is 17.1. The average Bonchev–Trinajstić information content (AvgIpc) is 3.40. The van der Waals surface area contributed by atoms with E-state index in [0.717, 1.165) is 5.56 Å². The number of carboxylic acids is 1. The summed E-state index contributed by atoms with van der Waals surface area (Å²) >= 11 is 0. The molecular weight excluding hydrogens is 601 g/mol. The first-order valence-corrected chi connectivity index (χ1v) is 14.6. The molecule has 2 aromatic rings. The standard InChI is InChI=1S/C29H33F2N5O2.C2HF3O2/c1-21-18-33-25(27(38)35-14-9-28(19-32,10-15-35)22-5-3-2-4-6-22)17-24(21)26(37)34-12-7-23(8-13-34)36-16-11-29(30,31)20-36;3-2(4,5)1(6)7/h2-6,17-18,23H,7-16,20H2,1H3;(H,6,7). The van der Waals surface area contributed by atoms with E-state index in [2.05, 4.69) is 11.1 Å². The van der Waals surface area contributed by atoms with Crippen LogP contribution >= 0.6 is 0 Å². The molecule has 1 aromatic carbocycles. The number of aryl methyl sites for hydroxylation is 1. The summed E-state index contributed by atoms with van der Waals surface area (Å²) in [6.45, 7) is 3.87. The molecule has 0 bridgehead atoms. The summed E-state index contributed by atoms with van der Waals surface area (Å²) in [6, 6.07) is 13.8. The molecule has 1 aromatic heterocycles. The molecule has 4 heterocycles. The van der Waals surface area contributed by atoms with Crippen LogP contribution in [0.1, 0.15) is 64.1 Å². The molecule has 1 N–H and O–H groups in total. The second-order valence-corrected chi connectivity index (χ2v) is 11.6. The third kappa shape index (κ3) is 7.94. The number of carboxylic acid groups (broad SMARTS) is 1. The van der Waals surface area contributed by atoms with Crippen LogP contribution in [-0.2, 0) is 10.2 Å². The van der Waals surface area contributed by atoms with E-state index in [4.69, 9.17) is 9.90 Å². The number of benzene rings is 1. The molecule has 0 saturated carbocycles. The van der Waals surface area contributed by atoms with Gasteiger partial charge in [-0.2, -0.15) is 18.4 Å². The van der Waals surface area contributed by atoms with Crippen molar-refractivity contribution in [3.8, 4) is 6.07 Å². The normalized spacial score (nSPS) is 20.1. The lowest BCUT2D eigenvalue weighted by Crippen LogP contribution is -2.47. The maximum atomic E-state index is 13.6. The van der Waals surface area contributed by atoms with Crippen molar-refractivity contribution in [2.75, 3.05) is 39.3 Å². The molecule has 0 unspecified atom stereocenters. The molecule has 3 fully saturated rings. The van der Waals surface area contributed by atoms with Gasteiger partial charge in [0.05, 0.1) is 18.0 Å². The van der Waals surface area contributed by atoms with Crippen molar-refractivity contribution in [2.24, 2.45) is 0 Å².